The number of carbonyl (C=O) groups is 3. The van der Waals surface area contributed by atoms with Crippen LogP contribution in [0.15, 0.2) is 84.9 Å². The van der Waals surface area contributed by atoms with E-state index in [4.69, 9.17) is 9.47 Å². The lowest BCUT2D eigenvalue weighted by atomic mass is 9.95. The zero-order valence-corrected chi connectivity index (χ0v) is 20.7. The molecule has 3 amide bonds. The number of alkyl carbamates (subject to hydrolysis) is 1. The highest BCUT2D eigenvalue weighted by molar-refractivity contribution is 5.89. The first-order chi connectivity index (χ1) is 17.9. The van der Waals surface area contributed by atoms with Crippen LogP contribution in [0.5, 0.6) is 5.75 Å². The van der Waals surface area contributed by atoms with Crippen LogP contribution in [-0.4, -0.2) is 42.3 Å². The number of amides is 3. The molecular weight excluding hydrogens is 474 g/mol. The Balaban J connectivity index is 1.58. The zero-order chi connectivity index (χ0) is 26.6. The summed E-state index contributed by atoms with van der Waals surface area (Å²) < 4.78 is 10.4. The number of benzene rings is 3. The Morgan fingerprint density at radius 3 is 1.97 bits per heavy atom. The lowest BCUT2D eigenvalue weighted by Gasteiger charge is -2.21. The Morgan fingerprint density at radius 1 is 0.811 bits per heavy atom. The van der Waals surface area contributed by atoms with Gasteiger partial charge in [-0.25, -0.2) is 4.79 Å². The number of aliphatic hydroxyl groups is 1. The minimum atomic E-state index is -1.43. The number of ether oxygens (including phenoxy) is 2. The molecule has 0 aliphatic rings. The van der Waals surface area contributed by atoms with E-state index >= 15 is 0 Å². The van der Waals surface area contributed by atoms with Gasteiger partial charge in [-0.2, -0.15) is 0 Å². The van der Waals surface area contributed by atoms with Crippen molar-refractivity contribution in [2.45, 2.75) is 38.0 Å². The topological polar surface area (TPSA) is 126 Å². The van der Waals surface area contributed by atoms with Crippen molar-refractivity contribution < 1.29 is 29.0 Å². The second kappa shape index (κ2) is 13.6. The Morgan fingerprint density at radius 2 is 1.38 bits per heavy atom. The van der Waals surface area contributed by atoms with Crippen LogP contribution in [0.1, 0.15) is 29.5 Å². The second-order valence-corrected chi connectivity index (χ2v) is 8.43. The fourth-order valence-electron chi connectivity index (χ4n) is 3.57. The van der Waals surface area contributed by atoms with E-state index in [2.05, 4.69) is 16.2 Å². The summed E-state index contributed by atoms with van der Waals surface area (Å²) in [6.07, 6.45) is -2.04. The number of hydrogen-bond acceptors (Lipinski definition) is 6. The van der Waals surface area contributed by atoms with E-state index in [0.717, 1.165) is 16.7 Å². The van der Waals surface area contributed by atoms with Crippen molar-refractivity contribution in [1.29, 1.82) is 0 Å². The SMILES string of the molecule is COc1ccc(C(C)C(O)C(=O)NNC(=O)[C@H](Cc2ccccc2)NC(=O)OCc2ccccc2)cc1. The number of rotatable bonds is 10. The largest absolute Gasteiger partial charge is 0.497 e. The van der Waals surface area contributed by atoms with Crippen LogP contribution in [0, 0.1) is 0 Å². The molecule has 0 spiro atoms. The van der Waals surface area contributed by atoms with E-state index in [1.54, 1.807) is 38.3 Å². The first kappa shape index (κ1) is 27.2. The second-order valence-electron chi connectivity index (χ2n) is 8.43. The third-order valence-electron chi connectivity index (χ3n) is 5.80. The molecule has 3 aromatic carbocycles. The summed E-state index contributed by atoms with van der Waals surface area (Å²) in [5, 5.41) is 13.0. The molecule has 0 bridgehead atoms. The Kier molecular flexibility index (Phi) is 10.0. The molecule has 3 aromatic rings. The smallest absolute Gasteiger partial charge is 0.408 e. The molecule has 0 saturated heterocycles. The van der Waals surface area contributed by atoms with Gasteiger partial charge in [0.25, 0.3) is 11.8 Å². The van der Waals surface area contributed by atoms with Gasteiger partial charge in [-0.05, 0) is 28.8 Å². The van der Waals surface area contributed by atoms with Crippen molar-refractivity contribution in [2.24, 2.45) is 0 Å². The maximum absolute atomic E-state index is 12.9. The summed E-state index contributed by atoms with van der Waals surface area (Å²) in [7, 11) is 1.55. The van der Waals surface area contributed by atoms with Crippen LogP contribution in [0.4, 0.5) is 4.79 Å². The highest BCUT2D eigenvalue weighted by Crippen LogP contribution is 2.22. The molecular formula is C28H31N3O6. The van der Waals surface area contributed by atoms with Crippen LogP contribution in [-0.2, 0) is 27.4 Å². The molecule has 37 heavy (non-hydrogen) atoms. The van der Waals surface area contributed by atoms with Gasteiger partial charge < -0.3 is 19.9 Å². The predicted molar refractivity (Wildman–Crippen MR) is 137 cm³/mol. The fourth-order valence-corrected chi connectivity index (χ4v) is 3.57. The lowest BCUT2D eigenvalue weighted by Crippen LogP contribution is -2.55. The molecule has 194 valence electrons. The van der Waals surface area contributed by atoms with Gasteiger partial charge in [-0.3, -0.25) is 20.4 Å². The molecule has 0 aliphatic heterocycles. The average molecular weight is 506 g/mol. The number of methoxy groups -OCH3 is 1. The standard InChI is InChI=1S/C28H31N3O6/c1-19(22-13-15-23(36-2)16-14-22)25(32)27(34)31-30-26(33)24(17-20-9-5-3-6-10-20)29-28(35)37-18-21-11-7-4-8-12-21/h3-16,19,24-25,32H,17-18H2,1-2H3,(H,29,35)(H,30,33)(H,31,34)/t19?,24-,25?/m0/s1. The number of hydrogen-bond donors (Lipinski definition) is 4. The molecule has 0 heterocycles. The highest BCUT2D eigenvalue weighted by atomic mass is 16.5. The Bertz CT molecular complexity index is 1160. The van der Waals surface area contributed by atoms with Gasteiger partial charge in [0.05, 0.1) is 7.11 Å². The average Bonchev–Trinajstić information content (AvgIpc) is 2.94. The molecule has 0 aliphatic carbocycles. The molecule has 3 rings (SSSR count). The fraction of sp³-hybridized carbons (Fsp3) is 0.250. The van der Waals surface area contributed by atoms with Gasteiger partial charge in [-0.1, -0.05) is 79.7 Å². The molecule has 3 atom stereocenters. The van der Waals surface area contributed by atoms with Gasteiger partial charge in [0.2, 0.25) is 0 Å². The van der Waals surface area contributed by atoms with E-state index in [1.165, 1.54) is 0 Å². The molecule has 4 N–H and O–H groups in total. The van der Waals surface area contributed by atoms with Crippen molar-refractivity contribution in [3.63, 3.8) is 0 Å². The summed E-state index contributed by atoms with van der Waals surface area (Å²) in [4.78, 5) is 37.8. The van der Waals surface area contributed by atoms with E-state index < -0.39 is 36.0 Å². The number of aliphatic hydroxyl groups excluding tert-OH is 1. The summed E-state index contributed by atoms with van der Waals surface area (Å²) in [6.45, 7) is 1.73. The van der Waals surface area contributed by atoms with Gasteiger partial charge >= 0.3 is 6.09 Å². The maximum atomic E-state index is 12.9. The van der Waals surface area contributed by atoms with E-state index in [0.29, 0.717) is 5.75 Å². The van der Waals surface area contributed by atoms with Gasteiger partial charge in [0, 0.05) is 12.3 Å². The van der Waals surface area contributed by atoms with Crippen molar-refractivity contribution in [3.8, 4) is 5.75 Å². The zero-order valence-electron chi connectivity index (χ0n) is 20.7. The third kappa shape index (κ3) is 8.36. The van der Waals surface area contributed by atoms with Gasteiger partial charge in [0.15, 0.2) is 0 Å². The van der Waals surface area contributed by atoms with E-state index in [1.807, 2.05) is 60.7 Å². The first-order valence-electron chi connectivity index (χ1n) is 11.8. The monoisotopic (exact) mass is 505 g/mol. The number of hydrazine groups is 1. The normalized spacial score (nSPS) is 12.9. The molecule has 0 aromatic heterocycles. The number of carbonyl (C=O) groups excluding carboxylic acids is 3. The molecule has 0 saturated carbocycles. The third-order valence-corrected chi connectivity index (χ3v) is 5.80. The summed E-state index contributed by atoms with van der Waals surface area (Å²) in [5.74, 6) is -1.35. The quantitative estimate of drug-likeness (QED) is 0.314. The van der Waals surface area contributed by atoms with Gasteiger partial charge in [-0.15, -0.1) is 0 Å². The van der Waals surface area contributed by atoms with Crippen LogP contribution < -0.4 is 20.9 Å². The van der Waals surface area contributed by atoms with Gasteiger partial charge in [0.1, 0.15) is 24.5 Å². The minimum Gasteiger partial charge on any atom is -0.497 e. The molecule has 0 fully saturated rings. The van der Waals surface area contributed by atoms with Crippen LogP contribution in [0.25, 0.3) is 0 Å². The van der Waals surface area contributed by atoms with Crippen molar-refractivity contribution >= 4 is 17.9 Å². The number of nitrogens with one attached hydrogen (secondary N) is 3. The Hall–Kier alpha value is -4.37. The first-order valence-corrected chi connectivity index (χ1v) is 11.8. The molecule has 0 radical (unpaired) electrons. The highest BCUT2D eigenvalue weighted by Gasteiger charge is 2.27. The lowest BCUT2D eigenvalue weighted by molar-refractivity contribution is -0.135. The summed E-state index contributed by atoms with van der Waals surface area (Å²) >= 11 is 0. The van der Waals surface area contributed by atoms with E-state index in [9.17, 15) is 19.5 Å². The van der Waals surface area contributed by atoms with Crippen molar-refractivity contribution in [2.75, 3.05) is 7.11 Å². The maximum Gasteiger partial charge on any atom is 0.408 e. The van der Waals surface area contributed by atoms with Crippen LogP contribution in [0.2, 0.25) is 0 Å². The van der Waals surface area contributed by atoms with Crippen LogP contribution in [0.3, 0.4) is 0 Å². The summed E-state index contributed by atoms with van der Waals surface area (Å²) in [6, 6.07) is 24.2. The molecule has 2 unspecified atom stereocenters. The predicted octanol–water partition coefficient (Wildman–Crippen LogP) is 2.84. The Labute approximate surface area is 215 Å². The van der Waals surface area contributed by atoms with Crippen LogP contribution >= 0.6 is 0 Å². The van der Waals surface area contributed by atoms with Crippen molar-refractivity contribution in [1.82, 2.24) is 16.2 Å². The molecule has 9 nitrogen and oxygen atoms in total. The van der Waals surface area contributed by atoms with Crippen molar-refractivity contribution in [3.05, 3.63) is 102 Å². The van der Waals surface area contributed by atoms with E-state index in [-0.39, 0.29) is 13.0 Å². The minimum absolute atomic E-state index is 0.0402. The summed E-state index contributed by atoms with van der Waals surface area (Å²) in [5.41, 5.74) is 6.86. The molecule has 9 heteroatoms.